The molecule has 0 unspecified atom stereocenters. The summed E-state index contributed by atoms with van der Waals surface area (Å²) in [4.78, 5) is 25.5. The molecule has 114 valence electrons. The second-order valence-electron chi connectivity index (χ2n) is 4.68. The van der Waals surface area contributed by atoms with Gasteiger partial charge in [0.1, 0.15) is 25.0 Å². The van der Waals surface area contributed by atoms with Gasteiger partial charge in [-0.1, -0.05) is 23.2 Å². The smallest absolute Gasteiger partial charge is 0.327 e. The monoisotopic (exact) mass is 332 g/mol. The molecule has 1 aliphatic heterocycles. The number of hydrogen-bond acceptors (Lipinski definition) is 4. The van der Waals surface area contributed by atoms with E-state index in [1.54, 1.807) is 12.1 Å². The topological polar surface area (TPSA) is 70.1 Å². The molecule has 1 atom stereocenters. The van der Waals surface area contributed by atoms with Crippen molar-refractivity contribution in [3.8, 4) is 5.75 Å². The second kappa shape index (κ2) is 6.51. The summed E-state index contributed by atoms with van der Waals surface area (Å²) < 4.78 is 5.36. The van der Waals surface area contributed by atoms with Crippen LogP contribution in [-0.2, 0) is 4.79 Å². The first-order chi connectivity index (χ1) is 9.88. The third-order valence-electron chi connectivity index (χ3n) is 2.95. The molecule has 0 bridgehead atoms. The molecule has 1 aromatic carbocycles. The predicted octanol–water partition coefficient (Wildman–Crippen LogP) is 1.63. The van der Waals surface area contributed by atoms with E-state index >= 15 is 0 Å². The van der Waals surface area contributed by atoms with Crippen LogP contribution < -0.4 is 4.74 Å². The van der Waals surface area contributed by atoms with Crippen molar-refractivity contribution in [2.75, 3.05) is 26.7 Å². The first kappa shape index (κ1) is 15.9. The maximum absolute atomic E-state index is 11.7. The van der Waals surface area contributed by atoms with E-state index in [0.29, 0.717) is 15.8 Å². The summed E-state index contributed by atoms with van der Waals surface area (Å²) in [7, 11) is 1.52. The molecule has 0 aliphatic carbocycles. The number of carbonyl (C=O) groups is 2. The van der Waals surface area contributed by atoms with E-state index in [-0.39, 0.29) is 25.6 Å². The fourth-order valence-corrected chi connectivity index (χ4v) is 2.22. The Balaban J connectivity index is 1.90. The number of likely N-dealkylation sites (N-methyl/N-ethyl adjacent to an activating group) is 1. The Morgan fingerprint density at radius 1 is 1.38 bits per heavy atom. The number of amides is 3. The van der Waals surface area contributed by atoms with Crippen molar-refractivity contribution in [1.29, 1.82) is 0 Å². The van der Waals surface area contributed by atoms with Crippen molar-refractivity contribution >= 4 is 35.1 Å². The number of rotatable bonds is 5. The number of β-amino-alcohol motifs (C(OH)–C–C–N with tert-alkyl or cyclic N) is 1. The number of aliphatic hydroxyl groups excluding tert-OH is 1. The van der Waals surface area contributed by atoms with Crippen LogP contribution in [0.15, 0.2) is 18.2 Å². The zero-order chi connectivity index (χ0) is 15.6. The molecular formula is C13H14Cl2N2O4. The average molecular weight is 333 g/mol. The molecule has 0 spiro atoms. The van der Waals surface area contributed by atoms with Gasteiger partial charge < -0.3 is 14.7 Å². The Labute approximate surface area is 131 Å². The third-order valence-corrected chi connectivity index (χ3v) is 3.50. The second-order valence-corrected chi connectivity index (χ2v) is 5.53. The Kier molecular flexibility index (Phi) is 4.92. The van der Waals surface area contributed by atoms with E-state index in [2.05, 4.69) is 0 Å². The minimum Gasteiger partial charge on any atom is -0.489 e. The van der Waals surface area contributed by atoms with Crippen LogP contribution >= 0.6 is 23.2 Å². The Hall–Kier alpha value is -1.50. The summed E-state index contributed by atoms with van der Waals surface area (Å²) in [5.74, 6) is -0.0123. The van der Waals surface area contributed by atoms with Crippen LogP contribution in [-0.4, -0.2) is 59.7 Å². The zero-order valence-corrected chi connectivity index (χ0v) is 12.8. The van der Waals surface area contributed by atoms with E-state index in [0.717, 1.165) is 4.90 Å². The third kappa shape index (κ3) is 3.78. The van der Waals surface area contributed by atoms with Gasteiger partial charge in [0.2, 0.25) is 5.91 Å². The van der Waals surface area contributed by atoms with Crippen LogP contribution in [0.1, 0.15) is 0 Å². The van der Waals surface area contributed by atoms with Crippen molar-refractivity contribution in [1.82, 2.24) is 9.80 Å². The molecule has 2 rings (SSSR count). The van der Waals surface area contributed by atoms with Crippen LogP contribution in [0.5, 0.6) is 5.75 Å². The van der Waals surface area contributed by atoms with Crippen molar-refractivity contribution < 1.29 is 19.4 Å². The van der Waals surface area contributed by atoms with E-state index in [9.17, 15) is 14.7 Å². The zero-order valence-electron chi connectivity index (χ0n) is 11.3. The van der Waals surface area contributed by atoms with Gasteiger partial charge in [0.25, 0.3) is 0 Å². The fourth-order valence-electron chi connectivity index (χ4n) is 1.89. The molecule has 0 saturated carbocycles. The van der Waals surface area contributed by atoms with Crippen molar-refractivity contribution in [3.63, 3.8) is 0 Å². The van der Waals surface area contributed by atoms with Crippen LogP contribution in [0.3, 0.4) is 0 Å². The normalized spacial score (nSPS) is 16.6. The standard InChI is InChI=1S/C13H14Cl2N2O4/c1-16-6-12(19)17(13(16)20)5-9(18)7-21-11-4-8(14)2-3-10(11)15/h2-4,9,18H,5-7H2,1H3/t9-/m1/s1. The average Bonchev–Trinajstić information content (AvgIpc) is 2.66. The van der Waals surface area contributed by atoms with Crippen molar-refractivity contribution in [2.45, 2.75) is 6.10 Å². The summed E-state index contributed by atoms with van der Waals surface area (Å²) in [6.07, 6.45) is -1.01. The van der Waals surface area contributed by atoms with Gasteiger partial charge in [-0.2, -0.15) is 0 Å². The number of hydrogen-bond donors (Lipinski definition) is 1. The number of carbonyl (C=O) groups excluding carboxylic acids is 2. The van der Waals surface area contributed by atoms with Crippen LogP contribution in [0.2, 0.25) is 10.0 Å². The van der Waals surface area contributed by atoms with Crippen LogP contribution in [0.4, 0.5) is 4.79 Å². The molecule has 1 N–H and O–H groups in total. The van der Waals surface area contributed by atoms with E-state index in [1.807, 2.05) is 0 Å². The van der Waals surface area contributed by atoms with Crippen LogP contribution in [0, 0.1) is 0 Å². The summed E-state index contributed by atoms with van der Waals surface area (Å²) in [6.45, 7) is -0.215. The highest BCUT2D eigenvalue weighted by atomic mass is 35.5. The van der Waals surface area contributed by atoms with Gasteiger partial charge in [-0.3, -0.25) is 9.69 Å². The van der Waals surface area contributed by atoms with Gasteiger partial charge in [-0.05, 0) is 12.1 Å². The number of aliphatic hydroxyl groups is 1. The molecule has 1 aliphatic rings. The number of benzene rings is 1. The first-order valence-corrected chi connectivity index (χ1v) is 6.95. The molecule has 0 radical (unpaired) electrons. The summed E-state index contributed by atoms with van der Waals surface area (Å²) in [5, 5.41) is 10.7. The van der Waals surface area contributed by atoms with E-state index in [4.69, 9.17) is 27.9 Å². The molecule has 1 saturated heterocycles. The minimum atomic E-state index is -1.01. The highest BCUT2D eigenvalue weighted by Gasteiger charge is 2.34. The van der Waals surface area contributed by atoms with Gasteiger partial charge in [0, 0.05) is 18.1 Å². The molecule has 1 fully saturated rings. The Morgan fingerprint density at radius 3 is 2.71 bits per heavy atom. The maximum Gasteiger partial charge on any atom is 0.327 e. The molecule has 8 heteroatoms. The molecular weight excluding hydrogens is 319 g/mol. The lowest BCUT2D eigenvalue weighted by molar-refractivity contribution is -0.126. The van der Waals surface area contributed by atoms with E-state index in [1.165, 1.54) is 18.0 Å². The van der Waals surface area contributed by atoms with Gasteiger partial charge in [-0.25, -0.2) is 4.79 Å². The molecule has 1 heterocycles. The highest BCUT2D eigenvalue weighted by molar-refractivity contribution is 6.34. The molecule has 1 aromatic rings. The van der Waals surface area contributed by atoms with E-state index < -0.39 is 12.1 Å². The lowest BCUT2D eigenvalue weighted by Crippen LogP contribution is -2.40. The van der Waals surface area contributed by atoms with Gasteiger partial charge >= 0.3 is 6.03 Å². The van der Waals surface area contributed by atoms with Gasteiger partial charge in [0.15, 0.2) is 0 Å². The van der Waals surface area contributed by atoms with Gasteiger partial charge in [0.05, 0.1) is 11.6 Å². The molecule has 21 heavy (non-hydrogen) atoms. The first-order valence-electron chi connectivity index (χ1n) is 6.20. The quantitative estimate of drug-likeness (QED) is 0.832. The maximum atomic E-state index is 11.7. The fraction of sp³-hybridized carbons (Fsp3) is 0.385. The largest absolute Gasteiger partial charge is 0.489 e. The summed E-state index contributed by atoms with van der Waals surface area (Å²) in [6, 6.07) is 4.29. The van der Waals surface area contributed by atoms with Gasteiger partial charge in [-0.15, -0.1) is 0 Å². The van der Waals surface area contributed by atoms with Crippen molar-refractivity contribution in [2.24, 2.45) is 0 Å². The number of imide groups is 1. The number of nitrogens with zero attached hydrogens (tertiary/aromatic N) is 2. The predicted molar refractivity (Wildman–Crippen MR) is 77.7 cm³/mol. The Bertz CT molecular complexity index is 567. The number of ether oxygens (including phenoxy) is 1. The SMILES string of the molecule is CN1CC(=O)N(C[C@@H](O)COc2cc(Cl)ccc2Cl)C1=O. The summed E-state index contributed by atoms with van der Waals surface area (Å²) >= 11 is 11.7. The number of halogens is 2. The lowest BCUT2D eigenvalue weighted by Gasteiger charge is -2.19. The van der Waals surface area contributed by atoms with Crippen molar-refractivity contribution in [3.05, 3.63) is 28.2 Å². The number of urea groups is 1. The lowest BCUT2D eigenvalue weighted by atomic mass is 10.3. The molecule has 3 amide bonds. The van der Waals surface area contributed by atoms with Crippen LogP contribution in [0.25, 0.3) is 0 Å². The summed E-state index contributed by atoms with van der Waals surface area (Å²) in [5.41, 5.74) is 0. The molecule has 0 aromatic heterocycles. The highest BCUT2D eigenvalue weighted by Crippen LogP contribution is 2.27. The minimum absolute atomic E-state index is 0.0204. The molecule has 6 nitrogen and oxygen atoms in total. The Morgan fingerprint density at radius 2 is 2.10 bits per heavy atom.